The molecule has 0 aliphatic carbocycles. The summed E-state index contributed by atoms with van der Waals surface area (Å²) < 4.78 is 16.5. The van der Waals surface area contributed by atoms with Gasteiger partial charge in [-0.2, -0.15) is 0 Å². The van der Waals surface area contributed by atoms with Crippen LogP contribution in [0.1, 0.15) is 26.2 Å². The van der Waals surface area contributed by atoms with Crippen LogP contribution in [0.25, 0.3) is 0 Å². The molecule has 0 aromatic carbocycles. The average Bonchev–Trinajstić information content (AvgIpc) is 2.23. The lowest BCUT2D eigenvalue weighted by Crippen LogP contribution is -2.52. The van der Waals surface area contributed by atoms with E-state index in [9.17, 15) is 4.79 Å². The van der Waals surface area contributed by atoms with Crippen LogP contribution in [0.4, 0.5) is 0 Å². The van der Waals surface area contributed by atoms with E-state index < -0.39 is 11.9 Å². The van der Waals surface area contributed by atoms with Gasteiger partial charge < -0.3 is 14.2 Å². The fourth-order valence-electron chi connectivity index (χ4n) is 2.03. The molecule has 15 heavy (non-hydrogen) atoms. The Morgan fingerprint density at radius 1 is 1.47 bits per heavy atom. The van der Waals surface area contributed by atoms with Gasteiger partial charge in [0.15, 0.2) is 6.10 Å². The maximum absolute atomic E-state index is 11.0. The highest BCUT2D eigenvalue weighted by Crippen LogP contribution is 2.34. The van der Waals surface area contributed by atoms with Gasteiger partial charge in [-0.3, -0.25) is 4.79 Å². The predicted molar refractivity (Wildman–Crippen MR) is 53.2 cm³/mol. The van der Waals surface area contributed by atoms with Crippen LogP contribution in [-0.4, -0.2) is 31.1 Å². The predicted octanol–water partition coefficient (Wildman–Crippen LogP) is 1.40. The number of hydrogen-bond acceptors (Lipinski definition) is 4. The third-order valence-corrected chi connectivity index (χ3v) is 2.73. The lowest BCUT2D eigenvalue weighted by Gasteiger charge is -2.42. The van der Waals surface area contributed by atoms with Crippen LogP contribution in [0.5, 0.6) is 0 Å². The zero-order valence-electron chi connectivity index (χ0n) is 8.90. The zero-order valence-corrected chi connectivity index (χ0v) is 8.90. The third-order valence-electron chi connectivity index (χ3n) is 2.73. The molecule has 2 rings (SSSR count). The Morgan fingerprint density at radius 3 is 3.00 bits per heavy atom. The van der Waals surface area contributed by atoms with E-state index in [4.69, 9.17) is 14.2 Å². The minimum atomic E-state index is -0.724. The summed E-state index contributed by atoms with van der Waals surface area (Å²) in [7, 11) is 0. The SMILES string of the molecule is CC(=O)OC1C=CCOC12CCCCO2. The summed E-state index contributed by atoms with van der Waals surface area (Å²) in [5.41, 5.74) is 0. The van der Waals surface area contributed by atoms with Gasteiger partial charge in [0.05, 0.1) is 13.2 Å². The standard InChI is InChI=1S/C11H16O4/c1-9(12)15-10-5-4-8-14-11(10)6-2-3-7-13-11/h4-5,10H,2-3,6-8H2,1H3. The molecular weight excluding hydrogens is 196 g/mol. The molecule has 1 saturated heterocycles. The first-order valence-corrected chi connectivity index (χ1v) is 5.35. The summed E-state index contributed by atoms with van der Waals surface area (Å²) in [5, 5.41) is 0. The second-order valence-electron chi connectivity index (χ2n) is 3.89. The average molecular weight is 212 g/mol. The van der Waals surface area contributed by atoms with E-state index in [1.54, 1.807) is 0 Å². The molecule has 2 aliphatic heterocycles. The molecular formula is C11H16O4. The highest BCUT2D eigenvalue weighted by Gasteiger charge is 2.44. The molecule has 4 nitrogen and oxygen atoms in total. The molecule has 2 heterocycles. The summed E-state index contributed by atoms with van der Waals surface area (Å²) in [5.74, 6) is -1.03. The van der Waals surface area contributed by atoms with Crippen molar-refractivity contribution in [2.75, 3.05) is 13.2 Å². The van der Waals surface area contributed by atoms with E-state index in [0.717, 1.165) is 19.3 Å². The number of esters is 1. The number of carbonyl (C=O) groups is 1. The van der Waals surface area contributed by atoms with E-state index in [1.165, 1.54) is 6.92 Å². The topological polar surface area (TPSA) is 44.8 Å². The lowest BCUT2D eigenvalue weighted by atomic mass is 9.97. The zero-order chi connectivity index (χ0) is 10.7. The van der Waals surface area contributed by atoms with E-state index in [1.807, 2.05) is 12.2 Å². The summed E-state index contributed by atoms with van der Waals surface area (Å²) in [6.45, 7) is 2.60. The molecule has 0 saturated carbocycles. The number of hydrogen-bond donors (Lipinski definition) is 0. The smallest absolute Gasteiger partial charge is 0.303 e. The van der Waals surface area contributed by atoms with E-state index >= 15 is 0 Å². The van der Waals surface area contributed by atoms with Crippen LogP contribution < -0.4 is 0 Å². The van der Waals surface area contributed by atoms with E-state index in [0.29, 0.717) is 13.2 Å². The molecule has 2 aliphatic rings. The van der Waals surface area contributed by atoms with E-state index in [-0.39, 0.29) is 5.97 Å². The quantitative estimate of drug-likeness (QED) is 0.487. The summed E-state index contributed by atoms with van der Waals surface area (Å²) in [6.07, 6.45) is 6.19. The summed E-state index contributed by atoms with van der Waals surface area (Å²) in [6, 6.07) is 0. The van der Waals surface area contributed by atoms with Crippen molar-refractivity contribution >= 4 is 5.97 Å². The van der Waals surface area contributed by atoms with E-state index in [2.05, 4.69) is 0 Å². The molecule has 0 aromatic rings. The summed E-state index contributed by atoms with van der Waals surface area (Å²) in [4.78, 5) is 11.0. The fourth-order valence-corrected chi connectivity index (χ4v) is 2.03. The fraction of sp³-hybridized carbons (Fsp3) is 0.727. The van der Waals surface area contributed by atoms with Gasteiger partial charge in [0.2, 0.25) is 5.79 Å². The van der Waals surface area contributed by atoms with Crippen molar-refractivity contribution < 1.29 is 19.0 Å². The molecule has 84 valence electrons. The van der Waals surface area contributed by atoms with Crippen molar-refractivity contribution in [2.45, 2.75) is 38.1 Å². The van der Waals surface area contributed by atoms with Crippen LogP contribution in [0.15, 0.2) is 12.2 Å². The van der Waals surface area contributed by atoms with Crippen LogP contribution in [0.3, 0.4) is 0 Å². The molecule has 2 unspecified atom stereocenters. The molecule has 4 heteroatoms. The van der Waals surface area contributed by atoms with Gasteiger partial charge in [0.1, 0.15) is 0 Å². The Morgan fingerprint density at radius 2 is 2.33 bits per heavy atom. The minimum absolute atomic E-state index is 0.302. The maximum atomic E-state index is 11.0. The first-order chi connectivity index (χ1) is 7.23. The van der Waals surface area contributed by atoms with Crippen LogP contribution in [0.2, 0.25) is 0 Å². The first kappa shape index (κ1) is 10.6. The Bertz CT molecular complexity index is 266. The Kier molecular flexibility index (Phi) is 3.07. The Labute approximate surface area is 89.2 Å². The number of ether oxygens (including phenoxy) is 3. The minimum Gasteiger partial charge on any atom is -0.453 e. The molecule has 0 radical (unpaired) electrons. The van der Waals surface area contributed by atoms with Gasteiger partial charge in [-0.25, -0.2) is 0 Å². The van der Waals surface area contributed by atoms with Crippen molar-refractivity contribution in [1.29, 1.82) is 0 Å². The van der Waals surface area contributed by atoms with Gasteiger partial charge in [0.25, 0.3) is 0 Å². The van der Waals surface area contributed by atoms with Gasteiger partial charge in [-0.05, 0) is 18.9 Å². The van der Waals surface area contributed by atoms with Gasteiger partial charge in [0, 0.05) is 13.3 Å². The first-order valence-electron chi connectivity index (χ1n) is 5.35. The van der Waals surface area contributed by atoms with Gasteiger partial charge in [-0.1, -0.05) is 6.08 Å². The molecule has 1 spiro atoms. The van der Waals surface area contributed by atoms with Crippen molar-refractivity contribution in [3.8, 4) is 0 Å². The summed E-state index contributed by atoms with van der Waals surface area (Å²) >= 11 is 0. The third kappa shape index (κ3) is 2.21. The largest absolute Gasteiger partial charge is 0.453 e. The second-order valence-corrected chi connectivity index (χ2v) is 3.89. The van der Waals surface area contributed by atoms with Crippen molar-refractivity contribution in [3.63, 3.8) is 0 Å². The molecule has 0 bridgehead atoms. The molecule has 1 fully saturated rings. The Hall–Kier alpha value is -0.870. The second kappa shape index (κ2) is 4.33. The van der Waals surface area contributed by atoms with Gasteiger partial charge >= 0.3 is 5.97 Å². The molecule has 0 amide bonds. The van der Waals surface area contributed by atoms with Gasteiger partial charge in [-0.15, -0.1) is 0 Å². The molecule has 0 N–H and O–H groups in total. The van der Waals surface area contributed by atoms with Crippen LogP contribution >= 0.6 is 0 Å². The highest BCUT2D eigenvalue weighted by atomic mass is 16.7. The van der Waals surface area contributed by atoms with Crippen molar-refractivity contribution in [1.82, 2.24) is 0 Å². The van der Waals surface area contributed by atoms with Crippen molar-refractivity contribution in [2.24, 2.45) is 0 Å². The Balaban J connectivity index is 2.12. The lowest BCUT2D eigenvalue weighted by molar-refractivity contribution is -0.292. The molecule has 2 atom stereocenters. The van der Waals surface area contributed by atoms with Crippen LogP contribution in [-0.2, 0) is 19.0 Å². The highest BCUT2D eigenvalue weighted by molar-refractivity contribution is 5.66. The van der Waals surface area contributed by atoms with Crippen molar-refractivity contribution in [3.05, 3.63) is 12.2 Å². The van der Waals surface area contributed by atoms with Crippen LogP contribution in [0, 0.1) is 0 Å². The maximum Gasteiger partial charge on any atom is 0.303 e. The number of rotatable bonds is 1. The number of carbonyl (C=O) groups excluding carboxylic acids is 1. The monoisotopic (exact) mass is 212 g/mol. The normalized spacial score (nSPS) is 35.4. The molecule has 0 aromatic heterocycles.